The number of amides is 2. The molecular formula is C12H17N3O4S. The second kappa shape index (κ2) is 5.45. The number of hydrogen-bond donors (Lipinski definition) is 3. The minimum Gasteiger partial charge on any atom is -0.477 e. The second-order valence-corrected chi connectivity index (χ2v) is 6.01. The van der Waals surface area contributed by atoms with Gasteiger partial charge in [-0.1, -0.05) is 6.92 Å². The van der Waals surface area contributed by atoms with Gasteiger partial charge in [-0.15, -0.1) is 11.8 Å². The monoisotopic (exact) mass is 299 g/mol. The van der Waals surface area contributed by atoms with E-state index in [1.807, 2.05) is 6.92 Å². The van der Waals surface area contributed by atoms with Crippen LogP contribution in [0.3, 0.4) is 0 Å². The summed E-state index contributed by atoms with van der Waals surface area (Å²) in [6, 6.07) is -0.889. The Morgan fingerprint density at radius 3 is 2.70 bits per heavy atom. The normalized spacial score (nSPS) is 26.3. The summed E-state index contributed by atoms with van der Waals surface area (Å²) in [6.07, 6.45) is 1.22. The number of carboxylic acid groups (broad SMARTS) is 1. The number of β-lactam (4-membered cyclic amide) rings is 1. The van der Waals surface area contributed by atoms with Crippen molar-refractivity contribution in [3.63, 3.8) is 0 Å². The molecule has 2 aliphatic rings. The predicted octanol–water partition coefficient (Wildman–Crippen LogP) is -0.531. The molecule has 0 unspecified atom stereocenters. The van der Waals surface area contributed by atoms with E-state index in [1.54, 1.807) is 0 Å². The van der Waals surface area contributed by atoms with Crippen LogP contribution in [0.1, 0.15) is 19.8 Å². The van der Waals surface area contributed by atoms with Gasteiger partial charge in [0.2, 0.25) is 11.8 Å². The quantitative estimate of drug-likeness (QED) is 0.566. The molecule has 3 atom stereocenters. The SMILES string of the molecule is CC[C@H]1C(=O)N2C(C(=O)O)=C(SC[C@@H](N)C(N)=O)C[C@H]12. The van der Waals surface area contributed by atoms with E-state index in [1.165, 1.54) is 16.7 Å². The first kappa shape index (κ1) is 14.9. The number of nitrogens with zero attached hydrogens (tertiary/aromatic N) is 1. The Balaban J connectivity index is 2.13. The van der Waals surface area contributed by atoms with E-state index in [0.717, 1.165) is 0 Å². The summed E-state index contributed by atoms with van der Waals surface area (Å²) in [7, 11) is 0. The minimum absolute atomic E-state index is 0.0337. The average Bonchev–Trinajstić information content (AvgIpc) is 2.71. The molecule has 0 spiro atoms. The van der Waals surface area contributed by atoms with Gasteiger partial charge in [-0.2, -0.15) is 0 Å². The standard InChI is InChI=1S/C12H17N3O4S/c1-2-5-7-3-8(20-4-6(13)10(14)16)9(12(18)19)15(7)11(5)17/h5-7H,2-4,13H2,1H3,(H2,14,16)(H,18,19)/t5-,6-,7-/m1/s1. The molecule has 0 aromatic carbocycles. The maximum Gasteiger partial charge on any atom is 0.353 e. The van der Waals surface area contributed by atoms with Gasteiger partial charge in [0.05, 0.1) is 18.0 Å². The van der Waals surface area contributed by atoms with Gasteiger partial charge in [-0.05, 0) is 6.42 Å². The van der Waals surface area contributed by atoms with Gasteiger partial charge in [0, 0.05) is 17.1 Å². The lowest BCUT2D eigenvalue weighted by Crippen LogP contribution is -2.58. The highest BCUT2D eigenvalue weighted by Crippen LogP contribution is 2.46. The lowest BCUT2D eigenvalue weighted by molar-refractivity contribution is -0.155. The molecule has 2 heterocycles. The van der Waals surface area contributed by atoms with Crippen molar-refractivity contribution in [2.45, 2.75) is 31.8 Å². The van der Waals surface area contributed by atoms with Crippen LogP contribution in [0.2, 0.25) is 0 Å². The smallest absolute Gasteiger partial charge is 0.353 e. The third-order valence-electron chi connectivity index (χ3n) is 3.70. The fourth-order valence-corrected chi connectivity index (χ4v) is 3.76. The van der Waals surface area contributed by atoms with E-state index in [4.69, 9.17) is 11.5 Å². The van der Waals surface area contributed by atoms with Crippen LogP contribution < -0.4 is 11.5 Å². The molecule has 0 aliphatic carbocycles. The number of carboxylic acids is 1. The van der Waals surface area contributed by atoms with Crippen molar-refractivity contribution in [1.29, 1.82) is 0 Å². The van der Waals surface area contributed by atoms with Crippen molar-refractivity contribution >= 4 is 29.5 Å². The van der Waals surface area contributed by atoms with Crippen molar-refractivity contribution in [2.24, 2.45) is 17.4 Å². The maximum absolute atomic E-state index is 11.9. The molecule has 7 nitrogen and oxygen atoms in total. The molecule has 2 rings (SSSR count). The molecule has 2 amide bonds. The van der Waals surface area contributed by atoms with Gasteiger partial charge < -0.3 is 21.5 Å². The van der Waals surface area contributed by atoms with Gasteiger partial charge in [0.1, 0.15) is 5.70 Å². The van der Waals surface area contributed by atoms with Crippen molar-refractivity contribution in [1.82, 2.24) is 4.90 Å². The Labute approximate surface area is 120 Å². The number of hydrogen-bond acceptors (Lipinski definition) is 5. The van der Waals surface area contributed by atoms with E-state index >= 15 is 0 Å². The Morgan fingerprint density at radius 2 is 2.20 bits per heavy atom. The van der Waals surface area contributed by atoms with Gasteiger partial charge >= 0.3 is 5.97 Å². The molecular weight excluding hydrogens is 282 g/mol. The van der Waals surface area contributed by atoms with Crippen molar-refractivity contribution < 1.29 is 19.5 Å². The van der Waals surface area contributed by atoms with Crippen LogP contribution in [0.15, 0.2) is 10.6 Å². The first-order valence-electron chi connectivity index (χ1n) is 6.35. The molecule has 0 radical (unpaired) electrons. The Morgan fingerprint density at radius 1 is 1.55 bits per heavy atom. The van der Waals surface area contributed by atoms with Crippen LogP contribution in [0.5, 0.6) is 0 Å². The third-order valence-corrected chi connectivity index (χ3v) is 4.93. The zero-order valence-electron chi connectivity index (χ0n) is 11.0. The molecule has 2 aliphatic heterocycles. The largest absolute Gasteiger partial charge is 0.477 e. The number of aliphatic carboxylic acids is 1. The van der Waals surface area contributed by atoms with Crippen LogP contribution in [0.4, 0.5) is 0 Å². The van der Waals surface area contributed by atoms with Crippen LogP contribution in [-0.4, -0.2) is 45.6 Å². The molecule has 0 aromatic heterocycles. The molecule has 20 heavy (non-hydrogen) atoms. The molecule has 0 bridgehead atoms. The highest BCUT2D eigenvalue weighted by Gasteiger charge is 2.54. The zero-order valence-corrected chi connectivity index (χ0v) is 11.9. The fraction of sp³-hybridized carbons (Fsp3) is 0.583. The van der Waals surface area contributed by atoms with E-state index in [2.05, 4.69) is 0 Å². The van der Waals surface area contributed by atoms with Gasteiger partial charge in [-0.3, -0.25) is 9.59 Å². The number of carbonyl (C=O) groups is 3. The number of carbonyl (C=O) groups excluding carboxylic acids is 2. The Hall–Kier alpha value is -1.54. The molecule has 110 valence electrons. The molecule has 0 saturated carbocycles. The van der Waals surface area contributed by atoms with E-state index in [0.29, 0.717) is 17.7 Å². The Kier molecular flexibility index (Phi) is 4.05. The molecule has 1 saturated heterocycles. The van der Waals surface area contributed by atoms with E-state index in [9.17, 15) is 19.5 Å². The summed E-state index contributed by atoms with van der Waals surface area (Å²) in [5, 5.41) is 9.27. The topological polar surface area (TPSA) is 127 Å². The highest BCUT2D eigenvalue weighted by atomic mass is 32.2. The molecule has 5 N–H and O–H groups in total. The molecule has 1 fully saturated rings. The Bertz CT molecular complexity index is 505. The lowest BCUT2D eigenvalue weighted by Gasteiger charge is -2.42. The molecule has 0 aromatic rings. The first-order valence-corrected chi connectivity index (χ1v) is 7.34. The number of rotatable bonds is 6. The predicted molar refractivity (Wildman–Crippen MR) is 73.3 cm³/mol. The fourth-order valence-electron chi connectivity index (χ4n) is 2.60. The van der Waals surface area contributed by atoms with Crippen LogP contribution >= 0.6 is 11.8 Å². The summed E-state index contributed by atoms with van der Waals surface area (Å²) < 4.78 is 0. The number of thioether (sulfide) groups is 1. The number of primary amides is 1. The highest BCUT2D eigenvalue weighted by molar-refractivity contribution is 8.03. The number of nitrogens with two attached hydrogens (primary N) is 2. The summed E-state index contributed by atoms with van der Waals surface area (Å²) in [5.41, 5.74) is 10.6. The van der Waals surface area contributed by atoms with Crippen molar-refractivity contribution in [2.75, 3.05) is 5.75 Å². The summed E-state index contributed by atoms with van der Waals surface area (Å²) in [5.74, 6) is -1.77. The summed E-state index contributed by atoms with van der Waals surface area (Å²) in [4.78, 5) is 36.1. The third kappa shape index (κ3) is 2.29. The first-order chi connectivity index (χ1) is 9.38. The average molecular weight is 299 g/mol. The van der Waals surface area contributed by atoms with E-state index < -0.39 is 17.9 Å². The maximum atomic E-state index is 11.9. The lowest BCUT2D eigenvalue weighted by atomic mass is 9.85. The van der Waals surface area contributed by atoms with Crippen molar-refractivity contribution in [3.05, 3.63) is 10.6 Å². The second-order valence-electron chi connectivity index (χ2n) is 4.89. The molecule has 8 heteroatoms. The van der Waals surface area contributed by atoms with Gasteiger partial charge in [0.25, 0.3) is 0 Å². The van der Waals surface area contributed by atoms with E-state index in [-0.39, 0.29) is 29.3 Å². The van der Waals surface area contributed by atoms with Gasteiger partial charge in [-0.25, -0.2) is 4.79 Å². The minimum atomic E-state index is -1.12. The summed E-state index contributed by atoms with van der Waals surface area (Å²) >= 11 is 1.20. The van der Waals surface area contributed by atoms with Crippen molar-refractivity contribution in [3.8, 4) is 0 Å². The number of fused-ring (bicyclic) bond motifs is 1. The van der Waals surface area contributed by atoms with Crippen LogP contribution in [0, 0.1) is 5.92 Å². The summed E-state index contributed by atoms with van der Waals surface area (Å²) in [6.45, 7) is 1.91. The van der Waals surface area contributed by atoms with Gasteiger partial charge in [0.15, 0.2) is 0 Å². The van der Waals surface area contributed by atoms with Crippen LogP contribution in [-0.2, 0) is 14.4 Å². The van der Waals surface area contributed by atoms with Crippen LogP contribution in [0.25, 0.3) is 0 Å². The zero-order chi connectivity index (χ0) is 15.0.